The summed E-state index contributed by atoms with van der Waals surface area (Å²) in [7, 11) is 0. The minimum Gasteiger partial charge on any atom is -0.456 e. The van der Waals surface area contributed by atoms with Crippen molar-refractivity contribution in [2.75, 3.05) is 0 Å². The van der Waals surface area contributed by atoms with Crippen molar-refractivity contribution >= 4 is 87.2 Å². The van der Waals surface area contributed by atoms with Crippen LogP contribution in [0.4, 0.5) is 0 Å². The van der Waals surface area contributed by atoms with Gasteiger partial charge in [0.25, 0.3) is 0 Å². The Morgan fingerprint density at radius 3 is 1.88 bits per heavy atom. The maximum absolute atomic E-state index is 6.93. The van der Waals surface area contributed by atoms with Crippen LogP contribution in [0.25, 0.3) is 138 Å². The number of hydrogen-bond acceptors (Lipinski definition) is 5. The van der Waals surface area contributed by atoms with Crippen molar-refractivity contribution in [1.29, 1.82) is 0 Å². The third-order valence-electron chi connectivity index (χ3n) is 13.0. The van der Waals surface area contributed by atoms with E-state index < -0.39 is 0 Å². The topological polar surface area (TPSA) is 69.9 Å². The average Bonchev–Trinajstić information content (AvgIpc) is 4.05. The van der Waals surface area contributed by atoms with Gasteiger partial charge in [-0.05, 0) is 93.3 Å². The first-order chi connectivity index (χ1) is 32.2. The van der Waals surface area contributed by atoms with E-state index in [0.717, 1.165) is 88.2 Å². The van der Waals surface area contributed by atoms with Crippen LogP contribution in [0.2, 0.25) is 0 Å². The average molecular weight is 831 g/mol. The van der Waals surface area contributed by atoms with Crippen LogP contribution >= 0.6 is 0 Å². The molecule has 0 saturated heterocycles. The van der Waals surface area contributed by atoms with Crippen LogP contribution in [0.15, 0.2) is 215 Å². The highest BCUT2D eigenvalue weighted by molar-refractivity contribution is 6.21. The summed E-state index contributed by atoms with van der Waals surface area (Å²) in [4.78, 5) is 15.8. The minimum absolute atomic E-state index is 0.520. The second-order valence-electron chi connectivity index (χ2n) is 16.7. The third kappa shape index (κ3) is 5.51. The molecular weight excluding hydrogens is 797 g/mol. The molecule has 0 fully saturated rings. The number of furan rings is 2. The first kappa shape index (κ1) is 35.7. The van der Waals surface area contributed by atoms with Gasteiger partial charge in [-0.15, -0.1) is 0 Å². The molecule has 0 amide bonds. The highest BCUT2D eigenvalue weighted by Gasteiger charge is 2.22. The summed E-state index contributed by atoms with van der Waals surface area (Å²) in [5.74, 6) is 1.64. The van der Waals surface area contributed by atoms with E-state index in [-0.39, 0.29) is 0 Å². The zero-order valence-corrected chi connectivity index (χ0v) is 34.7. The predicted molar refractivity (Wildman–Crippen MR) is 265 cm³/mol. The number of nitrogens with zero attached hydrogens (tertiary/aromatic N) is 4. The van der Waals surface area contributed by atoms with Crippen molar-refractivity contribution in [3.63, 3.8) is 0 Å². The van der Waals surface area contributed by atoms with Gasteiger partial charge in [0, 0.05) is 49.1 Å². The SMILES string of the molecule is c1ccc(-c2cccc(-c3nc(-c4cccc5c4oc4ccc6ccc(-n7c8ccccc8c8cc9ccccc9cc87)cc6c45)nc(-c4cccc5oc6ccccc6c45)n3)c2)cc1. The zero-order valence-electron chi connectivity index (χ0n) is 34.7. The Morgan fingerprint density at radius 1 is 0.323 bits per heavy atom. The molecule has 0 aliphatic rings. The number of benzene rings is 10. The molecule has 0 bridgehead atoms. The van der Waals surface area contributed by atoms with Gasteiger partial charge in [-0.2, -0.15) is 0 Å². The molecule has 0 saturated carbocycles. The zero-order chi connectivity index (χ0) is 42.6. The lowest BCUT2D eigenvalue weighted by molar-refractivity contribution is 0.668. The molecule has 0 radical (unpaired) electrons. The van der Waals surface area contributed by atoms with E-state index in [1.165, 1.54) is 32.6 Å². The fourth-order valence-electron chi connectivity index (χ4n) is 10.0. The lowest BCUT2D eigenvalue weighted by Crippen LogP contribution is -2.00. The van der Waals surface area contributed by atoms with E-state index in [1.807, 2.05) is 36.4 Å². The van der Waals surface area contributed by atoms with Crippen molar-refractivity contribution in [3.8, 4) is 51.0 Å². The third-order valence-corrected chi connectivity index (χ3v) is 13.0. The summed E-state index contributed by atoms with van der Waals surface area (Å²) < 4.78 is 15.7. The van der Waals surface area contributed by atoms with Crippen molar-refractivity contribution in [2.24, 2.45) is 0 Å². The van der Waals surface area contributed by atoms with Gasteiger partial charge >= 0.3 is 0 Å². The fraction of sp³-hybridized carbons (Fsp3) is 0. The van der Waals surface area contributed by atoms with Crippen LogP contribution in [-0.4, -0.2) is 19.5 Å². The summed E-state index contributed by atoms with van der Waals surface area (Å²) in [6.45, 7) is 0. The molecule has 10 aromatic carbocycles. The monoisotopic (exact) mass is 830 g/mol. The van der Waals surface area contributed by atoms with Crippen LogP contribution in [0.3, 0.4) is 0 Å². The molecule has 6 nitrogen and oxygen atoms in total. The van der Waals surface area contributed by atoms with Crippen LogP contribution < -0.4 is 0 Å². The number of rotatable bonds is 5. The largest absolute Gasteiger partial charge is 0.456 e. The number of aromatic nitrogens is 4. The summed E-state index contributed by atoms with van der Waals surface area (Å²) in [5.41, 5.74) is 11.3. The lowest BCUT2D eigenvalue weighted by atomic mass is 10.0. The normalized spacial score (nSPS) is 12.0. The minimum atomic E-state index is 0.520. The molecule has 4 aromatic heterocycles. The first-order valence-electron chi connectivity index (χ1n) is 21.8. The second-order valence-corrected chi connectivity index (χ2v) is 16.7. The molecule has 65 heavy (non-hydrogen) atoms. The van der Waals surface area contributed by atoms with Crippen molar-refractivity contribution in [2.45, 2.75) is 0 Å². The Kier molecular flexibility index (Phi) is 7.59. The van der Waals surface area contributed by atoms with E-state index in [0.29, 0.717) is 17.5 Å². The Morgan fingerprint density at radius 2 is 0.969 bits per heavy atom. The number of para-hydroxylation sites is 3. The van der Waals surface area contributed by atoms with Crippen molar-refractivity contribution < 1.29 is 8.83 Å². The molecule has 0 aliphatic heterocycles. The number of hydrogen-bond donors (Lipinski definition) is 0. The van der Waals surface area contributed by atoms with Crippen LogP contribution in [0, 0.1) is 0 Å². The van der Waals surface area contributed by atoms with Crippen molar-refractivity contribution in [3.05, 3.63) is 206 Å². The van der Waals surface area contributed by atoms with Gasteiger partial charge < -0.3 is 13.4 Å². The number of fused-ring (bicyclic) bond motifs is 12. The highest BCUT2D eigenvalue weighted by atomic mass is 16.3. The lowest BCUT2D eigenvalue weighted by Gasteiger charge is -2.11. The summed E-state index contributed by atoms with van der Waals surface area (Å²) >= 11 is 0. The van der Waals surface area contributed by atoms with Gasteiger partial charge in [0.05, 0.1) is 16.6 Å². The Hall–Kier alpha value is -8.87. The van der Waals surface area contributed by atoms with Gasteiger partial charge in [0.1, 0.15) is 22.3 Å². The van der Waals surface area contributed by atoms with Crippen LogP contribution in [0.5, 0.6) is 0 Å². The molecule has 0 N–H and O–H groups in total. The van der Waals surface area contributed by atoms with Gasteiger partial charge in [-0.25, -0.2) is 15.0 Å². The molecule has 0 unspecified atom stereocenters. The maximum Gasteiger partial charge on any atom is 0.167 e. The Labute approximate surface area is 371 Å². The fourth-order valence-corrected chi connectivity index (χ4v) is 10.0. The molecule has 6 heteroatoms. The van der Waals surface area contributed by atoms with Gasteiger partial charge in [-0.3, -0.25) is 0 Å². The first-order valence-corrected chi connectivity index (χ1v) is 21.8. The quantitative estimate of drug-likeness (QED) is 0.173. The molecule has 14 rings (SSSR count). The molecule has 0 aliphatic carbocycles. The summed E-state index contributed by atoms with van der Waals surface area (Å²) in [6, 6.07) is 72.2. The predicted octanol–water partition coefficient (Wildman–Crippen LogP) is 15.7. The smallest absolute Gasteiger partial charge is 0.167 e. The standard InChI is InChI=1S/C59H34N4O2/c1-2-13-35(14-3-1)37-17-10-18-40(31-37)57-60-58(45-22-12-26-52-54(45)43-20-7-9-25-51(43)64-52)62-59(61-57)46-23-11-21-44-55-47-34-41(29-27-36(47)28-30-53(55)65-56(44)46)63-49-24-8-6-19-42(49)48-32-38-15-4-5-16-39(38)33-50(48)63/h1-34H. The molecule has 0 spiro atoms. The summed E-state index contributed by atoms with van der Waals surface area (Å²) in [5, 5.41) is 11.1. The molecule has 14 aromatic rings. The molecule has 0 atom stereocenters. The van der Waals surface area contributed by atoms with Crippen molar-refractivity contribution in [1.82, 2.24) is 19.5 Å². The Balaban J connectivity index is 0.995. The van der Waals surface area contributed by atoms with E-state index in [9.17, 15) is 0 Å². The van der Waals surface area contributed by atoms with E-state index in [2.05, 4.69) is 174 Å². The van der Waals surface area contributed by atoms with E-state index in [4.69, 9.17) is 23.8 Å². The van der Waals surface area contributed by atoms with Gasteiger partial charge in [0.2, 0.25) is 0 Å². The molecule has 302 valence electrons. The van der Waals surface area contributed by atoms with Crippen LogP contribution in [0.1, 0.15) is 0 Å². The molecule has 4 heterocycles. The maximum atomic E-state index is 6.93. The van der Waals surface area contributed by atoms with E-state index in [1.54, 1.807) is 0 Å². The highest BCUT2D eigenvalue weighted by Crippen LogP contribution is 2.42. The van der Waals surface area contributed by atoms with Crippen LogP contribution in [-0.2, 0) is 0 Å². The van der Waals surface area contributed by atoms with E-state index >= 15 is 0 Å². The van der Waals surface area contributed by atoms with Gasteiger partial charge in [-0.1, -0.05) is 146 Å². The second kappa shape index (κ2) is 13.8. The summed E-state index contributed by atoms with van der Waals surface area (Å²) in [6.07, 6.45) is 0. The Bertz CT molecular complexity index is 4250. The van der Waals surface area contributed by atoms with Gasteiger partial charge in [0.15, 0.2) is 17.5 Å². The molecular formula is C59H34N4O2.